The summed E-state index contributed by atoms with van der Waals surface area (Å²) in [6, 6.07) is 0. The lowest BCUT2D eigenvalue weighted by atomic mass is 10.1. The van der Waals surface area contributed by atoms with Gasteiger partial charge in [0.15, 0.2) is 12.2 Å². The summed E-state index contributed by atoms with van der Waals surface area (Å²) in [5, 5.41) is 34.5. The molecule has 0 radical (unpaired) electrons. The Morgan fingerprint density at radius 2 is 2.08 bits per heavy atom. The van der Waals surface area contributed by atoms with Crippen molar-refractivity contribution in [2.45, 2.75) is 24.6 Å². The van der Waals surface area contributed by atoms with E-state index in [2.05, 4.69) is 9.62 Å². The molecule has 7 nitrogen and oxygen atoms in total. The van der Waals surface area contributed by atoms with Crippen molar-refractivity contribution in [3.05, 3.63) is 0 Å². The second-order valence-electron chi connectivity index (χ2n) is 2.33. The fraction of sp³-hybridized carbons (Fsp3) is 0.800. The summed E-state index contributed by atoms with van der Waals surface area (Å²) >= 11 is 0. The second-order valence-corrected chi connectivity index (χ2v) is 2.33. The van der Waals surface area contributed by atoms with Gasteiger partial charge in [-0.3, -0.25) is 0 Å². The lowest BCUT2D eigenvalue weighted by Crippen LogP contribution is -2.39. The normalized spacial score (nSPS) is 38.0. The van der Waals surface area contributed by atoms with Crippen molar-refractivity contribution in [3.63, 3.8) is 0 Å². The molecule has 1 aliphatic heterocycles. The largest absolute Gasteiger partial charge is 0.452 e. The quantitative estimate of drug-likeness (QED) is 0.160. The third kappa shape index (κ3) is 1.40. The number of carbonyl (C=O) groups is 1. The zero-order chi connectivity index (χ0) is 9.30. The number of esters is 1. The molecule has 0 saturated carbocycles. The molecular formula is C5H8O7. The zero-order valence-electron chi connectivity index (χ0n) is 5.82. The molecule has 4 N–H and O–H groups in total. The van der Waals surface area contributed by atoms with Crippen LogP contribution in [0.3, 0.4) is 0 Å². The molecule has 0 amide bonds. The van der Waals surface area contributed by atoms with Gasteiger partial charge >= 0.3 is 5.97 Å². The standard InChI is InChI=1S/C5H8O7/c6-1-2(7)4(8)11-3(1)5(9)12-10/h1-3,5-7,9-10H. The van der Waals surface area contributed by atoms with E-state index in [1.54, 1.807) is 0 Å². The lowest BCUT2D eigenvalue weighted by molar-refractivity contribution is -0.357. The van der Waals surface area contributed by atoms with Gasteiger partial charge in [0.1, 0.15) is 6.10 Å². The molecule has 7 heteroatoms. The van der Waals surface area contributed by atoms with Gasteiger partial charge in [-0.05, 0) is 0 Å². The molecule has 0 aromatic carbocycles. The maximum atomic E-state index is 10.5. The molecule has 1 fully saturated rings. The van der Waals surface area contributed by atoms with Gasteiger partial charge in [-0.25, -0.2) is 14.9 Å². The van der Waals surface area contributed by atoms with Gasteiger partial charge in [0, 0.05) is 0 Å². The Kier molecular flexibility index (Phi) is 2.60. The van der Waals surface area contributed by atoms with Gasteiger partial charge in [-0.15, -0.1) is 0 Å². The predicted molar refractivity (Wildman–Crippen MR) is 31.6 cm³/mol. The average Bonchev–Trinajstić information content (AvgIpc) is 2.32. The fourth-order valence-electron chi connectivity index (χ4n) is 0.880. The van der Waals surface area contributed by atoms with Crippen molar-refractivity contribution in [2.24, 2.45) is 0 Å². The molecule has 1 aliphatic rings. The predicted octanol–water partition coefficient (Wildman–Crippen LogP) is -2.56. The SMILES string of the molecule is O=C1OC(C(O)OO)C(O)C1O. The van der Waals surface area contributed by atoms with E-state index >= 15 is 0 Å². The van der Waals surface area contributed by atoms with Crippen LogP contribution in [0.25, 0.3) is 0 Å². The van der Waals surface area contributed by atoms with Crippen LogP contribution in [0, 0.1) is 0 Å². The molecular weight excluding hydrogens is 172 g/mol. The molecule has 0 aliphatic carbocycles. The van der Waals surface area contributed by atoms with Crippen LogP contribution in [-0.4, -0.2) is 51.1 Å². The van der Waals surface area contributed by atoms with Crippen molar-refractivity contribution in [3.8, 4) is 0 Å². The number of hydrogen-bond acceptors (Lipinski definition) is 7. The first-order valence-corrected chi connectivity index (χ1v) is 3.13. The van der Waals surface area contributed by atoms with Crippen LogP contribution in [0.4, 0.5) is 0 Å². The first-order chi connectivity index (χ1) is 5.57. The van der Waals surface area contributed by atoms with Crippen molar-refractivity contribution in [2.75, 3.05) is 0 Å². The maximum absolute atomic E-state index is 10.5. The Balaban J connectivity index is 2.64. The molecule has 0 spiro atoms. The van der Waals surface area contributed by atoms with Crippen LogP contribution in [-0.2, 0) is 14.4 Å². The Bertz CT molecular complexity index is 181. The monoisotopic (exact) mass is 180 g/mol. The third-order valence-corrected chi connectivity index (χ3v) is 1.54. The molecule has 4 unspecified atom stereocenters. The molecule has 0 aromatic rings. The number of rotatable bonds is 2. The number of aliphatic hydroxyl groups excluding tert-OH is 3. The highest BCUT2D eigenvalue weighted by molar-refractivity contribution is 5.77. The number of carbonyl (C=O) groups excluding carboxylic acids is 1. The van der Waals surface area contributed by atoms with Crippen molar-refractivity contribution in [1.29, 1.82) is 0 Å². The van der Waals surface area contributed by atoms with Gasteiger partial charge in [0.25, 0.3) is 0 Å². The number of aliphatic hydroxyl groups is 3. The highest BCUT2D eigenvalue weighted by atomic mass is 17.1. The summed E-state index contributed by atoms with van der Waals surface area (Å²) in [7, 11) is 0. The van der Waals surface area contributed by atoms with Crippen molar-refractivity contribution < 1.29 is 35.0 Å². The van der Waals surface area contributed by atoms with Crippen LogP contribution in [0.2, 0.25) is 0 Å². The topological polar surface area (TPSA) is 116 Å². The van der Waals surface area contributed by atoms with E-state index in [1.807, 2.05) is 0 Å². The minimum atomic E-state index is -1.86. The molecule has 1 rings (SSSR count). The lowest BCUT2D eigenvalue weighted by Gasteiger charge is -2.16. The summed E-state index contributed by atoms with van der Waals surface area (Å²) in [5.41, 5.74) is 0. The molecule has 0 aromatic heterocycles. The Labute approximate surface area is 66.7 Å². The van der Waals surface area contributed by atoms with Gasteiger partial charge in [-0.2, -0.15) is 0 Å². The minimum Gasteiger partial charge on any atom is -0.452 e. The average molecular weight is 180 g/mol. The van der Waals surface area contributed by atoms with Crippen LogP contribution < -0.4 is 0 Å². The molecule has 70 valence electrons. The van der Waals surface area contributed by atoms with Crippen molar-refractivity contribution >= 4 is 5.97 Å². The summed E-state index contributed by atoms with van der Waals surface area (Å²) in [4.78, 5) is 13.9. The minimum absolute atomic E-state index is 1.07. The number of ether oxygens (including phenoxy) is 1. The van der Waals surface area contributed by atoms with Gasteiger partial charge in [0.05, 0.1) is 0 Å². The first kappa shape index (κ1) is 9.36. The summed E-state index contributed by atoms with van der Waals surface area (Å²) in [6.45, 7) is 0. The van der Waals surface area contributed by atoms with Crippen LogP contribution in [0.1, 0.15) is 0 Å². The van der Waals surface area contributed by atoms with E-state index in [0.717, 1.165) is 0 Å². The number of hydrogen-bond donors (Lipinski definition) is 4. The van der Waals surface area contributed by atoms with Crippen LogP contribution in [0.5, 0.6) is 0 Å². The van der Waals surface area contributed by atoms with E-state index in [1.165, 1.54) is 0 Å². The van der Waals surface area contributed by atoms with Gasteiger partial charge in [0.2, 0.25) is 6.29 Å². The zero-order valence-corrected chi connectivity index (χ0v) is 5.82. The summed E-state index contributed by atoms with van der Waals surface area (Å²) in [5.74, 6) is -1.07. The molecule has 12 heavy (non-hydrogen) atoms. The maximum Gasteiger partial charge on any atom is 0.338 e. The van der Waals surface area contributed by atoms with E-state index in [0.29, 0.717) is 0 Å². The molecule has 1 saturated heterocycles. The smallest absolute Gasteiger partial charge is 0.338 e. The third-order valence-electron chi connectivity index (χ3n) is 1.54. The number of cyclic esters (lactones) is 1. The van der Waals surface area contributed by atoms with Crippen molar-refractivity contribution in [1.82, 2.24) is 0 Å². The van der Waals surface area contributed by atoms with Crippen LogP contribution in [0.15, 0.2) is 0 Å². The molecule has 1 heterocycles. The highest BCUT2D eigenvalue weighted by Gasteiger charge is 2.47. The van der Waals surface area contributed by atoms with E-state index < -0.39 is 30.6 Å². The fourth-order valence-corrected chi connectivity index (χ4v) is 0.880. The van der Waals surface area contributed by atoms with E-state index in [4.69, 9.17) is 20.6 Å². The second kappa shape index (κ2) is 3.33. The van der Waals surface area contributed by atoms with Gasteiger partial charge in [-0.1, -0.05) is 0 Å². The Morgan fingerprint density at radius 3 is 2.42 bits per heavy atom. The molecule has 4 atom stereocenters. The van der Waals surface area contributed by atoms with Gasteiger partial charge < -0.3 is 20.1 Å². The van der Waals surface area contributed by atoms with E-state index in [9.17, 15) is 4.79 Å². The highest BCUT2D eigenvalue weighted by Crippen LogP contribution is 2.18. The van der Waals surface area contributed by atoms with Crippen LogP contribution >= 0.6 is 0 Å². The summed E-state index contributed by atoms with van der Waals surface area (Å²) in [6.07, 6.45) is -6.63. The van der Waals surface area contributed by atoms with E-state index in [-0.39, 0.29) is 0 Å². The Morgan fingerprint density at radius 1 is 1.50 bits per heavy atom. The first-order valence-electron chi connectivity index (χ1n) is 3.13. The molecule has 0 bridgehead atoms. The summed E-state index contributed by atoms with van der Waals surface area (Å²) < 4.78 is 4.26. The Hall–Kier alpha value is -0.730.